The van der Waals surface area contributed by atoms with Crippen LogP contribution in [0.5, 0.6) is 11.5 Å². The minimum Gasteiger partial charge on any atom is -0.456 e. The lowest BCUT2D eigenvalue weighted by Gasteiger charge is -2.15. The Morgan fingerprint density at radius 1 is 1.03 bits per heavy atom. The van der Waals surface area contributed by atoms with Crippen molar-refractivity contribution in [2.45, 2.75) is 12.6 Å². The zero-order valence-electron chi connectivity index (χ0n) is 16.9. The van der Waals surface area contributed by atoms with Crippen LogP contribution in [0.1, 0.15) is 11.1 Å². The Bertz CT molecular complexity index is 1270. The minimum absolute atomic E-state index is 0.0656. The Hall–Kier alpha value is -4.15. The number of nitrogens with one attached hydrogen (secondary N) is 3. The number of H-pyrrole nitrogens is 1. The van der Waals surface area contributed by atoms with Gasteiger partial charge in [-0.05, 0) is 48.0 Å². The molecule has 0 aliphatic carbocycles. The van der Waals surface area contributed by atoms with Gasteiger partial charge < -0.3 is 15.4 Å². The van der Waals surface area contributed by atoms with E-state index in [4.69, 9.17) is 4.74 Å². The summed E-state index contributed by atoms with van der Waals surface area (Å²) >= 11 is 0. The van der Waals surface area contributed by atoms with Gasteiger partial charge in [-0.1, -0.05) is 6.07 Å². The molecule has 0 spiro atoms. The summed E-state index contributed by atoms with van der Waals surface area (Å²) in [6.45, 7) is -0.913. The van der Waals surface area contributed by atoms with Crippen LogP contribution in [0.3, 0.4) is 0 Å². The van der Waals surface area contributed by atoms with E-state index in [9.17, 15) is 22.4 Å². The number of carbonyl (C=O) groups excluding carboxylic acids is 1. The molecular weight excluding hydrogens is 442 g/mol. The van der Waals surface area contributed by atoms with Gasteiger partial charge in [0.05, 0.1) is 23.8 Å². The number of aromatic amines is 1. The zero-order valence-corrected chi connectivity index (χ0v) is 16.9. The fourth-order valence-corrected chi connectivity index (χ4v) is 3.18. The lowest BCUT2D eigenvalue weighted by atomic mass is 10.0. The smallest absolute Gasteiger partial charge is 0.416 e. The number of rotatable bonds is 6. The van der Waals surface area contributed by atoms with Gasteiger partial charge in [0.2, 0.25) is 0 Å². The lowest BCUT2D eigenvalue weighted by Crippen LogP contribution is -2.20. The number of fused-ring (bicyclic) bond motifs is 1. The standard InChI is InChI=1S/C22H17F4N5O2/c23-9-7-13-1-2-15(11-18(13)22(24,25)26)30-21(32)29-14-3-5-16(6-4-14)33-19-8-10-27-20-17(19)12-28-31-20/h1-6,8,10-12H,7,9H2,(H,27,28,31)(H2,29,30,32). The summed E-state index contributed by atoms with van der Waals surface area (Å²) in [7, 11) is 0. The van der Waals surface area contributed by atoms with Gasteiger partial charge in [-0.25, -0.2) is 9.78 Å². The molecule has 7 nitrogen and oxygen atoms in total. The molecule has 11 heteroatoms. The van der Waals surface area contributed by atoms with Gasteiger partial charge in [0.15, 0.2) is 5.65 Å². The third-order valence-corrected chi connectivity index (χ3v) is 4.69. The zero-order chi connectivity index (χ0) is 23.4. The monoisotopic (exact) mass is 459 g/mol. The maximum absolute atomic E-state index is 13.2. The van der Waals surface area contributed by atoms with E-state index in [0.29, 0.717) is 28.2 Å². The first-order valence-corrected chi connectivity index (χ1v) is 9.73. The molecule has 0 radical (unpaired) electrons. The largest absolute Gasteiger partial charge is 0.456 e. The lowest BCUT2D eigenvalue weighted by molar-refractivity contribution is -0.138. The first kappa shape index (κ1) is 22.1. The number of hydrogen-bond donors (Lipinski definition) is 3. The number of carbonyl (C=O) groups is 1. The van der Waals surface area contributed by atoms with Crippen LogP contribution in [0.4, 0.5) is 33.7 Å². The van der Waals surface area contributed by atoms with Gasteiger partial charge in [0.25, 0.3) is 0 Å². The number of benzene rings is 2. The first-order valence-electron chi connectivity index (χ1n) is 9.73. The van der Waals surface area contributed by atoms with Crippen LogP contribution in [-0.2, 0) is 12.6 Å². The molecule has 0 aliphatic rings. The quantitative estimate of drug-likeness (QED) is 0.312. The van der Waals surface area contributed by atoms with Gasteiger partial charge in [-0.15, -0.1) is 0 Å². The Morgan fingerprint density at radius 2 is 1.76 bits per heavy atom. The molecule has 3 N–H and O–H groups in total. The van der Waals surface area contributed by atoms with Crippen LogP contribution in [0.2, 0.25) is 0 Å². The van der Waals surface area contributed by atoms with Crippen molar-refractivity contribution < 1.29 is 27.1 Å². The summed E-state index contributed by atoms with van der Waals surface area (Å²) in [5.74, 6) is 1.04. The van der Waals surface area contributed by atoms with E-state index in [1.54, 1.807) is 42.7 Å². The van der Waals surface area contributed by atoms with Gasteiger partial charge in [0, 0.05) is 24.0 Å². The molecule has 0 saturated heterocycles. The number of urea groups is 1. The third kappa shape index (κ3) is 5.20. The second-order valence-electron chi connectivity index (χ2n) is 6.96. The highest BCUT2D eigenvalue weighted by Crippen LogP contribution is 2.34. The normalized spacial score (nSPS) is 11.4. The number of halogens is 4. The highest BCUT2D eigenvalue weighted by molar-refractivity contribution is 5.99. The molecule has 170 valence electrons. The Labute approximate surface area is 184 Å². The number of ether oxygens (including phenoxy) is 1. The molecule has 0 bridgehead atoms. The molecule has 2 amide bonds. The molecule has 2 heterocycles. The van der Waals surface area contributed by atoms with E-state index < -0.39 is 24.4 Å². The number of alkyl halides is 4. The van der Waals surface area contributed by atoms with Crippen molar-refractivity contribution in [3.63, 3.8) is 0 Å². The average Bonchev–Trinajstić information content (AvgIpc) is 3.26. The maximum Gasteiger partial charge on any atom is 0.416 e. The van der Waals surface area contributed by atoms with Crippen molar-refractivity contribution in [1.29, 1.82) is 0 Å². The van der Waals surface area contributed by atoms with Crippen LogP contribution in [-0.4, -0.2) is 27.9 Å². The fraction of sp³-hybridized carbons (Fsp3) is 0.136. The number of hydrogen-bond acceptors (Lipinski definition) is 4. The minimum atomic E-state index is -4.66. The third-order valence-electron chi connectivity index (χ3n) is 4.69. The summed E-state index contributed by atoms with van der Waals surface area (Å²) in [5, 5.41) is 12.2. The van der Waals surface area contributed by atoms with Crippen LogP contribution in [0.25, 0.3) is 11.0 Å². The Morgan fingerprint density at radius 3 is 2.48 bits per heavy atom. The molecule has 2 aromatic carbocycles. The Kier molecular flexibility index (Phi) is 6.11. The molecule has 4 aromatic rings. The number of pyridine rings is 1. The van der Waals surface area contributed by atoms with E-state index in [-0.39, 0.29) is 17.7 Å². The van der Waals surface area contributed by atoms with E-state index in [1.165, 1.54) is 6.07 Å². The summed E-state index contributed by atoms with van der Waals surface area (Å²) in [5.41, 5.74) is -0.248. The van der Waals surface area contributed by atoms with Crippen molar-refractivity contribution in [2.75, 3.05) is 17.3 Å². The van der Waals surface area contributed by atoms with Crippen molar-refractivity contribution in [2.24, 2.45) is 0 Å². The van der Waals surface area contributed by atoms with E-state index >= 15 is 0 Å². The second-order valence-corrected chi connectivity index (χ2v) is 6.96. The summed E-state index contributed by atoms with van der Waals surface area (Å²) in [6.07, 6.45) is -1.86. The van der Waals surface area contributed by atoms with Gasteiger partial charge >= 0.3 is 12.2 Å². The van der Waals surface area contributed by atoms with E-state index in [0.717, 1.165) is 12.1 Å². The Balaban J connectivity index is 1.41. The summed E-state index contributed by atoms with van der Waals surface area (Å²) in [4.78, 5) is 16.4. The maximum atomic E-state index is 13.2. The number of anilines is 2. The first-order chi connectivity index (χ1) is 15.8. The second kappa shape index (κ2) is 9.15. The van der Waals surface area contributed by atoms with Crippen LogP contribution in [0, 0.1) is 0 Å². The number of nitrogens with zero attached hydrogens (tertiary/aromatic N) is 2. The van der Waals surface area contributed by atoms with Crippen LogP contribution >= 0.6 is 0 Å². The predicted molar refractivity (Wildman–Crippen MR) is 114 cm³/mol. The number of aromatic nitrogens is 3. The molecule has 2 aromatic heterocycles. The van der Waals surface area contributed by atoms with E-state index in [2.05, 4.69) is 25.8 Å². The van der Waals surface area contributed by atoms with Gasteiger partial charge in [0.1, 0.15) is 11.5 Å². The van der Waals surface area contributed by atoms with Crippen molar-refractivity contribution in [1.82, 2.24) is 15.2 Å². The highest BCUT2D eigenvalue weighted by atomic mass is 19.4. The van der Waals surface area contributed by atoms with Gasteiger partial charge in [-0.2, -0.15) is 18.3 Å². The predicted octanol–water partition coefficient (Wildman–Crippen LogP) is 5.93. The van der Waals surface area contributed by atoms with Crippen molar-refractivity contribution in [3.8, 4) is 11.5 Å². The fourth-order valence-electron chi connectivity index (χ4n) is 3.18. The van der Waals surface area contributed by atoms with Crippen molar-refractivity contribution >= 4 is 28.4 Å². The van der Waals surface area contributed by atoms with Crippen LogP contribution in [0.15, 0.2) is 60.9 Å². The van der Waals surface area contributed by atoms with Gasteiger partial charge in [-0.3, -0.25) is 9.49 Å². The summed E-state index contributed by atoms with van der Waals surface area (Å²) in [6, 6.07) is 10.6. The molecule has 0 unspecified atom stereocenters. The molecule has 0 saturated carbocycles. The SMILES string of the molecule is O=C(Nc1ccc(Oc2ccnc3[nH]ncc23)cc1)Nc1ccc(CCF)c(C(F)(F)F)c1. The molecular formula is C22H17F4N5O2. The van der Waals surface area contributed by atoms with E-state index in [1.807, 2.05) is 0 Å². The van der Waals surface area contributed by atoms with Crippen molar-refractivity contribution in [3.05, 3.63) is 72.1 Å². The summed E-state index contributed by atoms with van der Waals surface area (Å²) < 4.78 is 58.0. The number of amides is 2. The molecule has 0 atom stereocenters. The van der Waals surface area contributed by atoms with Crippen LogP contribution < -0.4 is 15.4 Å². The molecule has 4 rings (SSSR count). The molecule has 0 aliphatic heterocycles. The highest BCUT2D eigenvalue weighted by Gasteiger charge is 2.33. The molecule has 0 fully saturated rings. The number of aryl methyl sites for hydroxylation is 1. The topological polar surface area (TPSA) is 91.9 Å². The molecule has 33 heavy (non-hydrogen) atoms. The average molecular weight is 459 g/mol.